The Morgan fingerprint density at radius 1 is 1.26 bits per heavy atom. The molecular formula is C14H14BrFN2O. The largest absolute Gasteiger partial charge is 0.487 e. The van der Waals surface area contributed by atoms with Crippen molar-refractivity contribution in [1.29, 1.82) is 0 Å². The van der Waals surface area contributed by atoms with Crippen LogP contribution in [0, 0.1) is 5.82 Å². The number of hydrogen-bond donors (Lipinski definition) is 1. The summed E-state index contributed by atoms with van der Waals surface area (Å²) in [5, 5.41) is 0. The van der Waals surface area contributed by atoms with Crippen molar-refractivity contribution in [1.82, 2.24) is 4.98 Å². The Balaban J connectivity index is 2.08. The van der Waals surface area contributed by atoms with Crippen LogP contribution in [-0.2, 0) is 13.0 Å². The topological polar surface area (TPSA) is 48.1 Å². The zero-order valence-electron chi connectivity index (χ0n) is 10.3. The molecule has 0 unspecified atom stereocenters. The molecule has 0 fully saturated rings. The second-order valence-electron chi connectivity index (χ2n) is 4.05. The van der Waals surface area contributed by atoms with E-state index in [1.807, 2.05) is 12.1 Å². The predicted molar refractivity (Wildman–Crippen MR) is 75.4 cm³/mol. The molecule has 2 N–H and O–H groups in total. The van der Waals surface area contributed by atoms with E-state index in [1.54, 1.807) is 12.3 Å². The first-order valence-corrected chi connectivity index (χ1v) is 6.70. The van der Waals surface area contributed by atoms with E-state index in [0.29, 0.717) is 25.3 Å². The van der Waals surface area contributed by atoms with Gasteiger partial charge in [-0.15, -0.1) is 0 Å². The van der Waals surface area contributed by atoms with Gasteiger partial charge >= 0.3 is 0 Å². The number of ether oxygens (including phenoxy) is 1. The highest BCUT2D eigenvalue weighted by atomic mass is 79.9. The summed E-state index contributed by atoms with van der Waals surface area (Å²) < 4.78 is 19.8. The SMILES string of the molecule is NCCc1cc(F)ccc1OCc1ccc(Br)cn1. The van der Waals surface area contributed by atoms with Crippen LogP contribution in [0.4, 0.5) is 4.39 Å². The fraction of sp³-hybridized carbons (Fsp3) is 0.214. The average Bonchev–Trinajstić information content (AvgIpc) is 2.40. The lowest BCUT2D eigenvalue weighted by Gasteiger charge is -2.11. The Bertz CT molecular complexity index is 546. The molecule has 0 spiro atoms. The number of nitrogens with two attached hydrogens (primary N) is 1. The highest BCUT2D eigenvalue weighted by molar-refractivity contribution is 9.10. The van der Waals surface area contributed by atoms with Gasteiger partial charge in [0.2, 0.25) is 0 Å². The summed E-state index contributed by atoms with van der Waals surface area (Å²) in [6.07, 6.45) is 2.30. The molecule has 2 rings (SSSR count). The quantitative estimate of drug-likeness (QED) is 0.919. The standard InChI is InChI=1S/C14H14BrFN2O/c15-11-1-3-13(18-8-11)9-19-14-4-2-12(16)7-10(14)5-6-17/h1-4,7-8H,5-6,9,17H2. The molecule has 0 atom stereocenters. The Kier molecular flexibility index (Phi) is 4.87. The van der Waals surface area contributed by atoms with Gasteiger partial charge < -0.3 is 10.5 Å². The molecule has 0 aliphatic heterocycles. The molecule has 3 nitrogen and oxygen atoms in total. The lowest BCUT2D eigenvalue weighted by Crippen LogP contribution is -2.06. The fourth-order valence-corrected chi connectivity index (χ4v) is 1.92. The maximum absolute atomic E-state index is 13.2. The van der Waals surface area contributed by atoms with Crippen LogP contribution in [0.25, 0.3) is 0 Å². The first-order chi connectivity index (χ1) is 9.19. The summed E-state index contributed by atoms with van der Waals surface area (Å²) in [7, 11) is 0. The van der Waals surface area contributed by atoms with Gasteiger partial charge in [-0.1, -0.05) is 0 Å². The molecule has 5 heteroatoms. The van der Waals surface area contributed by atoms with Gasteiger partial charge in [0, 0.05) is 10.7 Å². The summed E-state index contributed by atoms with van der Waals surface area (Å²) in [5.74, 6) is 0.370. The van der Waals surface area contributed by atoms with Crippen LogP contribution in [0.3, 0.4) is 0 Å². The van der Waals surface area contributed by atoms with Crippen LogP contribution in [0.5, 0.6) is 5.75 Å². The number of pyridine rings is 1. The monoisotopic (exact) mass is 324 g/mol. The third kappa shape index (κ3) is 4.01. The number of benzene rings is 1. The summed E-state index contributed by atoms with van der Waals surface area (Å²) in [6, 6.07) is 8.23. The zero-order chi connectivity index (χ0) is 13.7. The molecule has 0 bridgehead atoms. The van der Waals surface area contributed by atoms with Crippen LogP contribution in [-0.4, -0.2) is 11.5 Å². The maximum atomic E-state index is 13.2. The molecule has 1 heterocycles. The highest BCUT2D eigenvalue weighted by Gasteiger charge is 2.05. The van der Waals surface area contributed by atoms with E-state index in [1.165, 1.54) is 12.1 Å². The first kappa shape index (κ1) is 14.0. The number of halogens is 2. The molecule has 0 aliphatic rings. The molecule has 0 amide bonds. The minimum atomic E-state index is -0.280. The van der Waals surface area contributed by atoms with E-state index in [-0.39, 0.29) is 5.82 Å². The predicted octanol–water partition coefficient (Wildman–Crippen LogP) is 3.06. The van der Waals surface area contributed by atoms with Crippen molar-refractivity contribution in [2.24, 2.45) is 5.73 Å². The number of rotatable bonds is 5. The first-order valence-electron chi connectivity index (χ1n) is 5.91. The highest BCUT2D eigenvalue weighted by Crippen LogP contribution is 2.21. The van der Waals surface area contributed by atoms with Gasteiger partial charge in [0.1, 0.15) is 18.2 Å². The van der Waals surface area contributed by atoms with Gasteiger partial charge in [-0.25, -0.2) is 4.39 Å². The molecule has 0 saturated heterocycles. The van der Waals surface area contributed by atoms with E-state index in [2.05, 4.69) is 20.9 Å². The third-order valence-electron chi connectivity index (χ3n) is 2.60. The zero-order valence-corrected chi connectivity index (χ0v) is 11.9. The normalized spacial score (nSPS) is 10.5. The van der Waals surface area contributed by atoms with Gasteiger partial charge in [0.05, 0.1) is 5.69 Å². The second-order valence-corrected chi connectivity index (χ2v) is 4.96. The fourth-order valence-electron chi connectivity index (χ4n) is 1.68. The third-order valence-corrected chi connectivity index (χ3v) is 3.07. The molecule has 1 aromatic carbocycles. The van der Waals surface area contributed by atoms with Crippen molar-refractivity contribution in [2.45, 2.75) is 13.0 Å². The van der Waals surface area contributed by atoms with E-state index in [0.717, 1.165) is 15.7 Å². The van der Waals surface area contributed by atoms with E-state index in [4.69, 9.17) is 10.5 Å². The van der Waals surface area contributed by atoms with Gasteiger partial charge in [-0.05, 0) is 64.8 Å². The summed E-state index contributed by atoms with van der Waals surface area (Å²) in [4.78, 5) is 4.22. The smallest absolute Gasteiger partial charge is 0.130 e. The Morgan fingerprint density at radius 2 is 2.11 bits per heavy atom. The Hall–Kier alpha value is -1.46. The van der Waals surface area contributed by atoms with Gasteiger partial charge in [-0.3, -0.25) is 4.98 Å². The van der Waals surface area contributed by atoms with Crippen LogP contribution < -0.4 is 10.5 Å². The number of nitrogens with zero attached hydrogens (tertiary/aromatic N) is 1. The molecular weight excluding hydrogens is 311 g/mol. The van der Waals surface area contributed by atoms with Crippen molar-refractivity contribution < 1.29 is 9.13 Å². The van der Waals surface area contributed by atoms with E-state index >= 15 is 0 Å². The van der Waals surface area contributed by atoms with Gasteiger partial charge in [0.15, 0.2) is 0 Å². The Labute approximate surface area is 119 Å². The lowest BCUT2D eigenvalue weighted by molar-refractivity contribution is 0.297. The van der Waals surface area contributed by atoms with Crippen LogP contribution in [0.15, 0.2) is 41.0 Å². The molecule has 19 heavy (non-hydrogen) atoms. The van der Waals surface area contributed by atoms with Crippen LogP contribution in [0.1, 0.15) is 11.3 Å². The van der Waals surface area contributed by atoms with Crippen molar-refractivity contribution in [3.05, 3.63) is 58.1 Å². The average molecular weight is 325 g/mol. The van der Waals surface area contributed by atoms with Gasteiger partial charge in [0.25, 0.3) is 0 Å². The van der Waals surface area contributed by atoms with Crippen molar-refractivity contribution in [2.75, 3.05) is 6.54 Å². The number of hydrogen-bond acceptors (Lipinski definition) is 3. The van der Waals surface area contributed by atoms with Crippen molar-refractivity contribution >= 4 is 15.9 Å². The second kappa shape index (κ2) is 6.63. The molecule has 0 saturated carbocycles. The summed E-state index contributed by atoms with van der Waals surface area (Å²) in [5.41, 5.74) is 7.10. The molecule has 100 valence electrons. The van der Waals surface area contributed by atoms with Gasteiger partial charge in [-0.2, -0.15) is 0 Å². The molecule has 2 aromatic rings. The summed E-state index contributed by atoms with van der Waals surface area (Å²) in [6.45, 7) is 0.798. The van der Waals surface area contributed by atoms with Crippen LogP contribution >= 0.6 is 15.9 Å². The van der Waals surface area contributed by atoms with E-state index < -0.39 is 0 Å². The number of aromatic nitrogens is 1. The minimum Gasteiger partial charge on any atom is -0.487 e. The maximum Gasteiger partial charge on any atom is 0.130 e. The van der Waals surface area contributed by atoms with Crippen LogP contribution in [0.2, 0.25) is 0 Å². The minimum absolute atomic E-state index is 0.280. The Morgan fingerprint density at radius 3 is 2.79 bits per heavy atom. The van der Waals surface area contributed by atoms with Crippen molar-refractivity contribution in [3.8, 4) is 5.75 Å². The lowest BCUT2D eigenvalue weighted by atomic mass is 10.1. The summed E-state index contributed by atoms with van der Waals surface area (Å²) >= 11 is 3.32. The molecule has 0 aliphatic carbocycles. The molecule has 0 radical (unpaired) electrons. The van der Waals surface area contributed by atoms with E-state index in [9.17, 15) is 4.39 Å². The molecule has 1 aromatic heterocycles. The van der Waals surface area contributed by atoms with Crippen molar-refractivity contribution in [3.63, 3.8) is 0 Å².